The van der Waals surface area contributed by atoms with Crippen molar-refractivity contribution in [3.63, 3.8) is 0 Å². The summed E-state index contributed by atoms with van der Waals surface area (Å²) in [6.07, 6.45) is 0. The van der Waals surface area contributed by atoms with E-state index in [4.69, 9.17) is 9.47 Å². The zero-order valence-corrected chi connectivity index (χ0v) is 11.8. The van der Waals surface area contributed by atoms with E-state index in [1.807, 2.05) is 35.9 Å². The van der Waals surface area contributed by atoms with E-state index in [0.717, 1.165) is 21.8 Å². The molecule has 1 N–H and O–H groups in total. The summed E-state index contributed by atoms with van der Waals surface area (Å²) in [7, 11) is 3.46. The molecule has 108 valence electrons. The number of aromatic nitrogens is 1. The van der Waals surface area contributed by atoms with Crippen molar-refractivity contribution in [1.82, 2.24) is 4.57 Å². The Balaban J connectivity index is 2.39. The number of nitrogens with zero attached hydrogens (tertiary/aromatic N) is 1. The average Bonchev–Trinajstić information content (AvgIpc) is 2.79. The van der Waals surface area contributed by atoms with Crippen LogP contribution in [0, 0.1) is 0 Å². The van der Waals surface area contributed by atoms with Gasteiger partial charge in [0.2, 0.25) is 0 Å². The largest absolute Gasteiger partial charge is 0.478 e. The van der Waals surface area contributed by atoms with Gasteiger partial charge >= 0.3 is 5.97 Å². The number of methoxy groups -OCH3 is 1. The number of carbonyl (C=O) groups is 1. The molecule has 0 saturated carbocycles. The summed E-state index contributed by atoms with van der Waals surface area (Å²) in [4.78, 5) is 11.3. The standard InChI is InChI=1S/C16H15NO4/c1-17-13-6-4-3-5-11(13)12-7-10(16(18)19)8-14(15(12)17)21-9-20-2/h3-8H,9H2,1-2H3,(H,18,19). The van der Waals surface area contributed by atoms with E-state index in [9.17, 15) is 9.90 Å². The molecule has 0 aliphatic rings. The molecule has 0 atom stereocenters. The van der Waals surface area contributed by atoms with E-state index in [0.29, 0.717) is 5.75 Å². The molecule has 1 aromatic heterocycles. The lowest BCUT2D eigenvalue weighted by molar-refractivity contribution is 0.0516. The smallest absolute Gasteiger partial charge is 0.335 e. The Bertz CT molecular complexity index is 835. The summed E-state index contributed by atoms with van der Waals surface area (Å²) in [5, 5.41) is 11.1. The van der Waals surface area contributed by atoms with Crippen molar-refractivity contribution >= 4 is 27.8 Å². The summed E-state index contributed by atoms with van der Waals surface area (Å²) < 4.78 is 12.5. The third-order valence-corrected chi connectivity index (χ3v) is 3.55. The third kappa shape index (κ3) is 2.11. The van der Waals surface area contributed by atoms with Crippen LogP contribution in [0.25, 0.3) is 21.8 Å². The Kier molecular flexibility index (Phi) is 3.27. The minimum atomic E-state index is -0.980. The van der Waals surface area contributed by atoms with Crippen LogP contribution in [0.4, 0.5) is 0 Å². The molecule has 0 amide bonds. The molecule has 3 rings (SSSR count). The van der Waals surface area contributed by atoms with Crippen LogP contribution in [0.5, 0.6) is 5.75 Å². The second kappa shape index (κ2) is 5.10. The number of benzene rings is 2. The SMILES string of the molecule is COCOc1cc(C(=O)O)cc2c3ccccc3n(C)c12. The highest BCUT2D eigenvalue weighted by Gasteiger charge is 2.16. The number of fused-ring (bicyclic) bond motifs is 3. The summed E-state index contributed by atoms with van der Waals surface area (Å²) in [6.45, 7) is 0.0691. The number of hydrogen-bond acceptors (Lipinski definition) is 3. The molecule has 0 aliphatic heterocycles. The average molecular weight is 285 g/mol. The van der Waals surface area contributed by atoms with Gasteiger partial charge in [0.25, 0.3) is 0 Å². The number of hydrogen-bond donors (Lipinski definition) is 1. The van der Waals surface area contributed by atoms with Gasteiger partial charge < -0.3 is 19.1 Å². The predicted octanol–water partition coefficient (Wildman–Crippen LogP) is 3.01. The number of rotatable bonds is 4. The molecule has 5 heteroatoms. The van der Waals surface area contributed by atoms with Gasteiger partial charge in [0.15, 0.2) is 6.79 Å². The molecule has 2 aromatic carbocycles. The molecule has 0 aliphatic carbocycles. The van der Waals surface area contributed by atoms with Gasteiger partial charge in [-0.25, -0.2) is 4.79 Å². The highest BCUT2D eigenvalue weighted by Crippen LogP contribution is 2.35. The molecule has 0 bridgehead atoms. The van der Waals surface area contributed by atoms with Crippen molar-refractivity contribution in [3.05, 3.63) is 42.0 Å². The van der Waals surface area contributed by atoms with Crippen molar-refractivity contribution in [2.75, 3.05) is 13.9 Å². The van der Waals surface area contributed by atoms with Crippen molar-refractivity contribution in [2.45, 2.75) is 0 Å². The van der Waals surface area contributed by atoms with Crippen LogP contribution in [-0.2, 0) is 11.8 Å². The maximum Gasteiger partial charge on any atom is 0.335 e. The summed E-state index contributed by atoms with van der Waals surface area (Å²) >= 11 is 0. The molecule has 3 aromatic rings. The van der Waals surface area contributed by atoms with Crippen molar-refractivity contribution in [1.29, 1.82) is 0 Å². The van der Waals surface area contributed by atoms with E-state index >= 15 is 0 Å². The number of para-hydroxylation sites is 1. The van der Waals surface area contributed by atoms with Crippen molar-refractivity contribution in [3.8, 4) is 5.75 Å². The Morgan fingerprint density at radius 3 is 2.71 bits per heavy atom. The fourth-order valence-corrected chi connectivity index (χ4v) is 2.63. The first-order valence-electron chi connectivity index (χ1n) is 6.49. The molecule has 1 heterocycles. The van der Waals surface area contributed by atoms with E-state index in [-0.39, 0.29) is 12.4 Å². The number of aryl methyl sites for hydroxylation is 1. The maximum absolute atomic E-state index is 11.3. The number of carboxylic acid groups (broad SMARTS) is 1. The molecular formula is C16H15NO4. The van der Waals surface area contributed by atoms with Gasteiger partial charge in [0.1, 0.15) is 5.75 Å². The third-order valence-electron chi connectivity index (χ3n) is 3.55. The molecule has 21 heavy (non-hydrogen) atoms. The van der Waals surface area contributed by atoms with Gasteiger partial charge in [-0.2, -0.15) is 0 Å². The van der Waals surface area contributed by atoms with Gasteiger partial charge in [-0.3, -0.25) is 0 Å². The molecule has 0 unspecified atom stereocenters. The van der Waals surface area contributed by atoms with E-state index in [2.05, 4.69) is 0 Å². The Morgan fingerprint density at radius 2 is 2.00 bits per heavy atom. The first kappa shape index (κ1) is 13.5. The second-order valence-electron chi connectivity index (χ2n) is 4.80. The quantitative estimate of drug-likeness (QED) is 0.748. The van der Waals surface area contributed by atoms with Gasteiger partial charge in [-0.05, 0) is 18.2 Å². The monoisotopic (exact) mass is 285 g/mol. The first-order valence-corrected chi connectivity index (χ1v) is 6.49. The van der Waals surface area contributed by atoms with Crippen LogP contribution >= 0.6 is 0 Å². The van der Waals surface area contributed by atoms with Crippen LogP contribution in [0.2, 0.25) is 0 Å². The zero-order valence-electron chi connectivity index (χ0n) is 11.8. The van der Waals surface area contributed by atoms with Gasteiger partial charge in [-0.15, -0.1) is 0 Å². The summed E-state index contributed by atoms with van der Waals surface area (Å²) in [5.74, 6) is -0.474. The van der Waals surface area contributed by atoms with Gasteiger partial charge in [-0.1, -0.05) is 18.2 Å². The van der Waals surface area contributed by atoms with E-state index < -0.39 is 5.97 Å². The van der Waals surface area contributed by atoms with Gasteiger partial charge in [0.05, 0.1) is 11.1 Å². The lowest BCUT2D eigenvalue weighted by Crippen LogP contribution is -2.03. The maximum atomic E-state index is 11.3. The number of ether oxygens (including phenoxy) is 2. The van der Waals surface area contributed by atoms with E-state index in [1.54, 1.807) is 6.07 Å². The normalized spacial score (nSPS) is 11.1. The fourth-order valence-electron chi connectivity index (χ4n) is 2.63. The molecule has 0 saturated heterocycles. The summed E-state index contributed by atoms with van der Waals surface area (Å²) in [6, 6.07) is 11.1. The van der Waals surface area contributed by atoms with Crippen LogP contribution in [0.3, 0.4) is 0 Å². The van der Waals surface area contributed by atoms with Crippen LogP contribution in [0.15, 0.2) is 36.4 Å². The van der Waals surface area contributed by atoms with Crippen LogP contribution < -0.4 is 4.74 Å². The summed E-state index contributed by atoms with van der Waals surface area (Å²) in [5.41, 5.74) is 2.08. The minimum Gasteiger partial charge on any atom is -0.478 e. The van der Waals surface area contributed by atoms with Gasteiger partial charge in [0, 0.05) is 30.4 Å². The zero-order chi connectivity index (χ0) is 15.0. The molecule has 0 radical (unpaired) electrons. The topological polar surface area (TPSA) is 60.7 Å². The first-order chi connectivity index (χ1) is 10.1. The van der Waals surface area contributed by atoms with Crippen molar-refractivity contribution < 1.29 is 19.4 Å². The van der Waals surface area contributed by atoms with Crippen LogP contribution in [0.1, 0.15) is 10.4 Å². The predicted molar refractivity (Wildman–Crippen MR) is 79.9 cm³/mol. The highest BCUT2D eigenvalue weighted by atomic mass is 16.7. The van der Waals surface area contributed by atoms with Crippen molar-refractivity contribution in [2.24, 2.45) is 7.05 Å². The fraction of sp³-hybridized carbons (Fsp3) is 0.188. The molecular weight excluding hydrogens is 270 g/mol. The Labute approximate surface area is 121 Å². The second-order valence-corrected chi connectivity index (χ2v) is 4.80. The number of carboxylic acids is 1. The number of aromatic carboxylic acids is 1. The Hall–Kier alpha value is -2.53. The minimum absolute atomic E-state index is 0.0691. The highest BCUT2D eigenvalue weighted by molar-refractivity contribution is 6.12. The lowest BCUT2D eigenvalue weighted by Gasteiger charge is -2.09. The molecule has 5 nitrogen and oxygen atoms in total. The van der Waals surface area contributed by atoms with E-state index in [1.165, 1.54) is 13.2 Å². The molecule has 0 spiro atoms. The Morgan fingerprint density at radius 1 is 1.24 bits per heavy atom. The molecule has 0 fully saturated rings. The lowest BCUT2D eigenvalue weighted by atomic mass is 10.1. The van der Waals surface area contributed by atoms with Crippen LogP contribution in [-0.4, -0.2) is 29.5 Å².